The number of likely N-dealkylation sites (tertiary alicyclic amines) is 1. The number of aryl methyl sites for hydroxylation is 1. The first kappa shape index (κ1) is 18.4. The fourth-order valence-electron chi connectivity index (χ4n) is 3.29. The topological polar surface area (TPSA) is 58.6 Å². The molecule has 0 bridgehead atoms. The molecule has 0 saturated carbocycles. The molecule has 1 aromatic heterocycles. The van der Waals surface area contributed by atoms with E-state index in [9.17, 15) is 8.42 Å². The van der Waals surface area contributed by atoms with Gasteiger partial charge in [0.2, 0.25) is 10.0 Å². The fourth-order valence-corrected chi connectivity index (χ4v) is 5.26. The summed E-state index contributed by atoms with van der Waals surface area (Å²) in [4.78, 5) is 2.67. The van der Waals surface area contributed by atoms with Crippen LogP contribution in [-0.2, 0) is 10.0 Å². The third kappa shape index (κ3) is 4.23. The van der Waals surface area contributed by atoms with Crippen molar-refractivity contribution in [2.24, 2.45) is 0 Å². The monoisotopic (exact) mass is 380 g/mol. The Kier molecular flexibility index (Phi) is 5.78. The Morgan fingerprint density at radius 1 is 1.28 bits per heavy atom. The van der Waals surface area contributed by atoms with Gasteiger partial charge in [-0.25, -0.2) is 13.1 Å². The smallest absolute Gasteiger partial charge is 0.240 e. The van der Waals surface area contributed by atoms with Gasteiger partial charge in [0.1, 0.15) is 5.75 Å². The largest absolute Gasteiger partial charge is 0.497 e. The molecule has 2 aromatic rings. The summed E-state index contributed by atoms with van der Waals surface area (Å²) in [6.45, 7) is 4.20. The molecule has 0 unspecified atom stereocenters. The van der Waals surface area contributed by atoms with E-state index >= 15 is 0 Å². The molecule has 1 fully saturated rings. The number of benzene rings is 1. The molecule has 1 saturated heterocycles. The van der Waals surface area contributed by atoms with Crippen LogP contribution in [0.3, 0.4) is 0 Å². The summed E-state index contributed by atoms with van der Waals surface area (Å²) in [5.74, 6) is 0.657. The predicted molar refractivity (Wildman–Crippen MR) is 101 cm³/mol. The first-order chi connectivity index (χ1) is 12.0. The van der Waals surface area contributed by atoms with Crippen molar-refractivity contribution in [2.45, 2.75) is 30.7 Å². The number of methoxy groups -OCH3 is 1. The van der Waals surface area contributed by atoms with E-state index in [4.69, 9.17) is 4.74 Å². The highest BCUT2D eigenvalue weighted by Gasteiger charge is 2.26. The molecule has 3 rings (SSSR count). The third-order valence-corrected chi connectivity index (χ3v) is 6.93. The Morgan fingerprint density at radius 3 is 2.64 bits per heavy atom. The van der Waals surface area contributed by atoms with Crippen molar-refractivity contribution in [3.8, 4) is 5.75 Å². The Bertz CT molecular complexity index is 798. The molecule has 25 heavy (non-hydrogen) atoms. The van der Waals surface area contributed by atoms with Crippen molar-refractivity contribution in [1.82, 2.24) is 9.62 Å². The average Bonchev–Trinajstić information content (AvgIpc) is 3.28. The number of sulfonamides is 1. The van der Waals surface area contributed by atoms with Crippen LogP contribution in [-0.4, -0.2) is 40.1 Å². The van der Waals surface area contributed by atoms with Crippen LogP contribution in [0, 0.1) is 6.92 Å². The van der Waals surface area contributed by atoms with Crippen molar-refractivity contribution >= 4 is 21.4 Å². The highest BCUT2D eigenvalue weighted by atomic mass is 32.2. The first-order valence-corrected chi connectivity index (χ1v) is 10.8. The molecule has 0 radical (unpaired) electrons. The van der Waals surface area contributed by atoms with Crippen LogP contribution in [0.25, 0.3) is 0 Å². The van der Waals surface area contributed by atoms with E-state index < -0.39 is 10.0 Å². The van der Waals surface area contributed by atoms with Gasteiger partial charge in [-0.05, 0) is 79.0 Å². The maximum atomic E-state index is 12.8. The third-order valence-electron chi connectivity index (χ3n) is 4.65. The number of ether oxygens (including phenoxy) is 1. The van der Waals surface area contributed by atoms with Crippen molar-refractivity contribution in [2.75, 3.05) is 26.7 Å². The van der Waals surface area contributed by atoms with E-state index in [2.05, 4.69) is 21.1 Å². The van der Waals surface area contributed by atoms with E-state index in [1.165, 1.54) is 18.4 Å². The quantitative estimate of drug-likeness (QED) is 0.801. The van der Waals surface area contributed by atoms with Crippen LogP contribution >= 0.6 is 11.3 Å². The summed E-state index contributed by atoms with van der Waals surface area (Å²) in [5.41, 5.74) is 1.86. The second-order valence-electron chi connectivity index (χ2n) is 6.30. The molecule has 0 spiro atoms. The highest BCUT2D eigenvalue weighted by molar-refractivity contribution is 7.89. The first-order valence-electron chi connectivity index (χ1n) is 8.42. The Hall–Kier alpha value is -1.41. The average molecular weight is 381 g/mol. The van der Waals surface area contributed by atoms with E-state index in [0.717, 1.165) is 13.1 Å². The molecule has 1 atom stereocenters. The van der Waals surface area contributed by atoms with Gasteiger partial charge < -0.3 is 4.74 Å². The van der Waals surface area contributed by atoms with Gasteiger partial charge in [0.05, 0.1) is 12.0 Å². The molecular weight excluding hydrogens is 356 g/mol. The Morgan fingerprint density at radius 2 is 2.04 bits per heavy atom. The van der Waals surface area contributed by atoms with Crippen LogP contribution in [0.15, 0.2) is 39.9 Å². The van der Waals surface area contributed by atoms with Gasteiger partial charge in [-0.1, -0.05) is 0 Å². The van der Waals surface area contributed by atoms with Crippen LogP contribution < -0.4 is 9.46 Å². The minimum atomic E-state index is -3.56. The summed E-state index contributed by atoms with van der Waals surface area (Å²) >= 11 is 1.65. The van der Waals surface area contributed by atoms with Crippen molar-refractivity contribution in [3.63, 3.8) is 0 Å². The Labute approximate surface area is 153 Å². The van der Waals surface area contributed by atoms with Crippen LogP contribution in [0.1, 0.15) is 30.0 Å². The maximum Gasteiger partial charge on any atom is 0.240 e. The minimum Gasteiger partial charge on any atom is -0.497 e. The lowest BCUT2D eigenvalue weighted by Crippen LogP contribution is -2.36. The van der Waals surface area contributed by atoms with Gasteiger partial charge in [-0.2, -0.15) is 11.3 Å². The second-order valence-corrected chi connectivity index (χ2v) is 8.81. The van der Waals surface area contributed by atoms with E-state index in [0.29, 0.717) is 22.8 Å². The Balaban J connectivity index is 1.77. The molecule has 7 heteroatoms. The molecular formula is C18H24N2O3S2. The number of nitrogens with one attached hydrogen (secondary N) is 1. The van der Waals surface area contributed by atoms with Gasteiger partial charge in [0.25, 0.3) is 0 Å². The second kappa shape index (κ2) is 7.86. The normalized spacial score (nSPS) is 16.9. The summed E-state index contributed by atoms with van der Waals surface area (Å²) in [6, 6.07) is 7.19. The number of thiophene rings is 1. The van der Waals surface area contributed by atoms with Crippen LogP contribution in [0.2, 0.25) is 0 Å². The van der Waals surface area contributed by atoms with Crippen molar-refractivity contribution < 1.29 is 13.2 Å². The van der Waals surface area contributed by atoms with E-state index in [1.807, 2.05) is 5.38 Å². The molecule has 2 heterocycles. The zero-order valence-corrected chi connectivity index (χ0v) is 16.2. The van der Waals surface area contributed by atoms with Crippen LogP contribution in [0.5, 0.6) is 5.75 Å². The SMILES string of the molecule is COc1ccc(S(=O)(=O)NC[C@@H](c2ccsc2)N2CCCC2)c(C)c1. The lowest BCUT2D eigenvalue weighted by molar-refractivity contribution is 0.247. The van der Waals surface area contributed by atoms with Crippen molar-refractivity contribution in [3.05, 3.63) is 46.2 Å². The molecule has 0 amide bonds. The van der Waals surface area contributed by atoms with E-state index in [-0.39, 0.29) is 6.04 Å². The van der Waals surface area contributed by atoms with Gasteiger partial charge in [-0.15, -0.1) is 0 Å². The molecule has 1 aromatic carbocycles. The van der Waals surface area contributed by atoms with Gasteiger partial charge in [0, 0.05) is 12.6 Å². The van der Waals surface area contributed by atoms with Crippen LogP contribution in [0.4, 0.5) is 0 Å². The van der Waals surface area contributed by atoms with Crippen molar-refractivity contribution in [1.29, 1.82) is 0 Å². The number of hydrogen-bond acceptors (Lipinski definition) is 5. The molecule has 1 aliphatic heterocycles. The van der Waals surface area contributed by atoms with Gasteiger partial charge >= 0.3 is 0 Å². The predicted octanol–water partition coefficient (Wildman–Crippen LogP) is 3.18. The lowest BCUT2D eigenvalue weighted by atomic mass is 10.1. The number of nitrogens with zero attached hydrogens (tertiary/aromatic N) is 1. The molecule has 136 valence electrons. The summed E-state index contributed by atoms with van der Waals surface area (Å²) in [5, 5.41) is 4.15. The lowest BCUT2D eigenvalue weighted by Gasteiger charge is -2.27. The zero-order chi connectivity index (χ0) is 17.9. The van der Waals surface area contributed by atoms with Gasteiger partial charge in [-0.3, -0.25) is 4.90 Å². The summed E-state index contributed by atoms with van der Waals surface area (Å²) in [6.07, 6.45) is 2.34. The molecule has 1 aliphatic rings. The summed E-state index contributed by atoms with van der Waals surface area (Å²) in [7, 11) is -1.99. The fraction of sp³-hybridized carbons (Fsp3) is 0.444. The minimum absolute atomic E-state index is 0.0853. The number of hydrogen-bond donors (Lipinski definition) is 1. The number of rotatable bonds is 7. The highest BCUT2D eigenvalue weighted by Crippen LogP contribution is 2.27. The molecule has 5 nitrogen and oxygen atoms in total. The standard InChI is InChI=1S/C18H24N2O3S2/c1-14-11-16(23-2)5-6-18(14)25(21,22)19-12-17(15-7-10-24-13-15)20-8-3-4-9-20/h5-7,10-11,13,17,19H,3-4,8-9,12H2,1-2H3/t17-/m0/s1. The summed E-state index contributed by atoms with van der Waals surface area (Å²) < 4.78 is 33.5. The molecule has 0 aliphatic carbocycles. The van der Waals surface area contributed by atoms with Gasteiger partial charge in [0.15, 0.2) is 0 Å². The molecule has 1 N–H and O–H groups in total. The van der Waals surface area contributed by atoms with E-state index in [1.54, 1.807) is 43.6 Å². The zero-order valence-electron chi connectivity index (χ0n) is 14.6. The maximum absolute atomic E-state index is 12.8.